The van der Waals surface area contributed by atoms with Crippen molar-refractivity contribution in [1.29, 1.82) is 0 Å². The van der Waals surface area contributed by atoms with Gasteiger partial charge in [0.1, 0.15) is 0 Å². The molecule has 17 heavy (non-hydrogen) atoms. The van der Waals surface area contributed by atoms with Gasteiger partial charge in [-0.3, -0.25) is 0 Å². The molecule has 1 aliphatic rings. The first kappa shape index (κ1) is 14.9. The van der Waals surface area contributed by atoms with Crippen molar-refractivity contribution >= 4 is 0 Å². The average molecular weight is 245 g/mol. The fourth-order valence-corrected chi connectivity index (χ4v) is 2.13. The smallest absolute Gasteiger partial charge is 0.0700 e. The maximum atomic E-state index is 5.69. The van der Waals surface area contributed by atoms with Crippen LogP contribution in [0.2, 0.25) is 0 Å². The lowest BCUT2D eigenvalue weighted by molar-refractivity contribution is -0.0629. The molecule has 1 unspecified atom stereocenters. The summed E-state index contributed by atoms with van der Waals surface area (Å²) in [5.74, 6) is 0. The SMILES string of the molecule is COCCOCCCNC1CCOC(C)(C)C1. The molecule has 0 aromatic carbocycles. The van der Waals surface area contributed by atoms with Crippen LogP contribution in [0.1, 0.15) is 33.1 Å². The molecule has 0 amide bonds. The summed E-state index contributed by atoms with van der Waals surface area (Å²) in [7, 11) is 1.69. The molecule has 102 valence electrons. The zero-order valence-electron chi connectivity index (χ0n) is 11.5. The van der Waals surface area contributed by atoms with Crippen LogP contribution in [0.3, 0.4) is 0 Å². The van der Waals surface area contributed by atoms with Gasteiger partial charge in [0, 0.05) is 26.4 Å². The topological polar surface area (TPSA) is 39.7 Å². The van der Waals surface area contributed by atoms with Gasteiger partial charge >= 0.3 is 0 Å². The first-order chi connectivity index (χ1) is 8.14. The van der Waals surface area contributed by atoms with Gasteiger partial charge in [0.2, 0.25) is 0 Å². The minimum Gasteiger partial charge on any atom is -0.382 e. The second-order valence-electron chi connectivity index (χ2n) is 5.21. The Kier molecular flexibility index (Phi) is 7.04. The fourth-order valence-electron chi connectivity index (χ4n) is 2.13. The molecular weight excluding hydrogens is 218 g/mol. The Bertz CT molecular complexity index is 197. The van der Waals surface area contributed by atoms with Gasteiger partial charge in [0.25, 0.3) is 0 Å². The molecular formula is C13H27NO3. The number of nitrogens with one attached hydrogen (secondary N) is 1. The number of hydrogen-bond donors (Lipinski definition) is 1. The Labute approximate surface area is 105 Å². The third-order valence-corrected chi connectivity index (χ3v) is 3.03. The Morgan fingerprint density at radius 3 is 2.82 bits per heavy atom. The van der Waals surface area contributed by atoms with E-state index in [1.807, 2.05) is 0 Å². The third-order valence-electron chi connectivity index (χ3n) is 3.03. The second kappa shape index (κ2) is 8.03. The predicted octanol–water partition coefficient (Wildman–Crippen LogP) is 1.59. The van der Waals surface area contributed by atoms with E-state index in [-0.39, 0.29) is 5.60 Å². The zero-order valence-corrected chi connectivity index (χ0v) is 11.5. The molecule has 1 fully saturated rings. The summed E-state index contributed by atoms with van der Waals surface area (Å²) in [5, 5.41) is 3.58. The fraction of sp³-hybridized carbons (Fsp3) is 1.00. The van der Waals surface area contributed by atoms with Crippen LogP contribution in [-0.2, 0) is 14.2 Å². The van der Waals surface area contributed by atoms with Gasteiger partial charge in [-0.05, 0) is 39.7 Å². The van der Waals surface area contributed by atoms with E-state index in [9.17, 15) is 0 Å². The third kappa shape index (κ3) is 6.99. The van der Waals surface area contributed by atoms with Crippen molar-refractivity contribution in [2.24, 2.45) is 0 Å². The van der Waals surface area contributed by atoms with E-state index in [2.05, 4.69) is 19.2 Å². The van der Waals surface area contributed by atoms with Gasteiger partial charge in [0.15, 0.2) is 0 Å². The first-order valence-electron chi connectivity index (χ1n) is 6.58. The largest absolute Gasteiger partial charge is 0.382 e. The van der Waals surface area contributed by atoms with Crippen molar-refractivity contribution < 1.29 is 14.2 Å². The van der Waals surface area contributed by atoms with E-state index >= 15 is 0 Å². The van der Waals surface area contributed by atoms with Crippen molar-refractivity contribution in [1.82, 2.24) is 5.32 Å². The second-order valence-corrected chi connectivity index (χ2v) is 5.21. The van der Waals surface area contributed by atoms with Crippen molar-refractivity contribution in [2.75, 3.05) is 40.1 Å². The monoisotopic (exact) mass is 245 g/mol. The molecule has 0 bridgehead atoms. The van der Waals surface area contributed by atoms with Crippen molar-refractivity contribution in [3.8, 4) is 0 Å². The predicted molar refractivity (Wildman–Crippen MR) is 68.4 cm³/mol. The van der Waals surface area contributed by atoms with Crippen LogP contribution >= 0.6 is 0 Å². The van der Waals surface area contributed by atoms with Gasteiger partial charge in [-0.1, -0.05) is 0 Å². The highest BCUT2D eigenvalue weighted by Crippen LogP contribution is 2.23. The van der Waals surface area contributed by atoms with E-state index in [4.69, 9.17) is 14.2 Å². The summed E-state index contributed by atoms with van der Waals surface area (Å²) in [6, 6.07) is 0.595. The van der Waals surface area contributed by atoms with Gasteiger partial charge in [-0.25, -0.2) is 0 Å². The lowest BCUT2D eigenvalue weighted by Crippen LogP contribution is -2.44. The first-order valence-corrected chi connectivity index (χ1v) is 6.58. The molecule has 0 saturated carbocycles. The minimum atomic E-state index is 0.0326. The summed E-state index contributed by atoms with van der Waals surface area (Å²) >= 11 is 0. The summed E-state index contributed by atoms with van der Waals surface area (Å²) in [4.78, 5) is 0. The molecule has 0 aromatic heterocycles. The lowest BCUT2D eigenvalue weighted by atomic mass is 9.94. The standard InChI is InChI=1S/C13H27NO3/c1-13(2)11-12(5-8-17-13)14-6-4-7-16-10-9-15-3/h12,14H,4-11H2,1-3H3. The normalized spacial score (nSPS) is 23.8. The highest BCUT2D eigenvalue weighted by molar-refractivity contribution is 4.82. The van der Waals surface area contributed by atoms with E-state index in [0.29, 0.717) is 19.3 Å². The van der Waals surface area contributed by atoms with Crippen LogP contribution in [0.15, 0.2) is 0 Å². The average Bonchev–Trinajstić information content (AvgIpc) is 2.27. The molecule has 1 saturated heterocycles. The molecule has 0 spiro atoms. The van der Waals surface area contributed by atoms with Crippen LogP contribution in [0.25, 0.3) is 0 Å². The van der Waals surface area contributed by atoms with Crippen molar-refractivity contribution in [2.45, 2.75) is 44.8 Å². The summed E-state index contributed by atoms with van der Waals surface area (Å²) in [6.45, 7) is 8.40. The number of rotatable bonds is 8. The van der Waals surface area contributed by atoms with E-state index in [0.717, 1.165) is 39.0 Å². The molecule has 0 aromatic rings. The summed E-state index contributed by atoms with van der Waals surface area (Å²) < 4.78 is 16.0. The Balaban J connectivity index is 1.95. The minimum absolute atomic E-state index is 0.0326. The van der Waals surface area contributed by atoms with Gasteiger partial charge in [-0.2, -0.15) is 0 Å². The summed E-state index contributed by atoms with van der Waals surface area (Å²) in [5.41, 5.74) is 0.0326. The molecule has 0 aliphatic carbocycles. The Morgan fingerprint density at radius 2 is 2.12 bits per heavy atom. The molecule has 1 aliphatic heterocycles. The number of ether oxygens (including phenoxy) is 3. The summed E-state index contributed by atoms with van der Waals surface area (Å²) in [6.07, 6.45) is 3.27. The van der Waals surface area contributed by atoms with Crippen LogP contribution in [0, 0.1) is 0 Å². The quantitative estimate of drug-likeness (QED) is 0.659. The van der Waals surface area contributed by atoms with E-state index < -0.39 is 0 Å². The molecule has 1 rings (SSSR count). The van der Waals surface area contributed by atoms with Gasteiger partial charge in [-0.15, -0.1) is 0 Å². The number of methoxy groups -OCH3 is 1. The highest BCUT2D eigenvalue weighted by Gasteiger charge is 2.28. The molecule has 1 atom stereocenters. The molecule has 1 heterocycles. The Hall–Kier alpha value is -0.160. The van der Waals surface area contributed by atoms with Gasteiger partial charge in [0.05, 0.1) is 18.8 Å². The molecule has 4 nitrogen and oxygen atoms in total. The Morgan fingerprint density at radius 1 is 1.29 bits per heavy atom. The molecule has 4 heteroatoms. The van der Waals surface area contributed by atoms with Crippen LogP contribution in [0.5, 0.6) is 0 Å². The van der Waals surface area contributed by atoms with Crippen LogP contribution in [-0.4, -0.2) is 51.7 Å². The molecule has 1 N–H and O–H groups in total. The number of hydrogen-bond acceptors (Lipinski definition) is 4. The lowest BCUT2D eigenvalue weighted by Gasteiger charge is -2.36. The van der Waals surface area contributed by atoms with Crippen LogP contribution < -0.4 is 5.32 Å². The highest BCUT2D eigenvalue weighted by atomic mass is 16.5. The van der Waals surface area contributed by atoms with Crippen LogP contribution in [0.4, 0.5) is 0 Å². The maximum absolute atomic E-state index is 5.69. The van der Waals surface area contributed by atoms with E-state index in [1.54, 1.807) is 7.11 Å². The van der Waals surface area contributed by atoms with Crippen molar-refractivity contribution in [3.63, 3.8) is 0 Å². The maximum Gasteiger partial charge on any atom is 0.0700 e. The van der Waals surface area contributed by atoms with Gasteiger partial charge < -0.3 is 19.5 Å². The molecule has 0 radical (unpaired) electrons. The van der Waals surface area contributed by atoms with E-state index in [1.165, 1.54) is 0 Å². The zero-order chi connectivity index (χ0) is 12.6. The van der Waals surface area contributed by atoms with Crippen molar-refractivity contribution in [3.05, 3.63) is 0 Å².